The molecule has 0 bridgehead atoms. The van der Waals surface area contributed by atoms with Crippen molar-refractivity contribution in [3.8, 4) is 6.07 Å². The van der Waals surface area contributed by atoms with Crippen molar-refractivity contribution in [1.29, 1.82) is 5.26 Å². The lowest BCUT2D eigenvalue weighted by atomic mass is 10.1. The van der Waals surface area contributed by atoms with E-state index in [4.69, 9.17) is 0 Å². The van der Waals surface area contributed by atoms with Crippen LogP contribution in [0.1, 0.15) is 23.7 Å². The predicted molar refractivity (Wildman–Crippen MR) is 137 cm³/mol. The molecule has 2 heterocycles. The molecule has 1 N–H and O–H groups in total. The molecule has 0 radical (unpaired) electrons. The second-order valence-electron chi connectivity index (χ2n) is 7.83. The molecule has 0 atom stereocenters. The third-order valence-corrected chi connectivity index (χ3v) is 6.79. The van der Waals surface area contributed by atoms with Gasteiger partial charge in [0.05, 0.1) is 34.4 Å². The first-order valence-corrected chi connectivity index (χ1v) is 12.0. The van der Waals surface area contributed by atoms with Crippen molar-refractivity contribution in [1.82, 2.24) is 9.29 Å². The average molecular weight is 472 g/mol. The molecule has 7 heteroatoms. The number of anilines is 2. The van der Waals surface area contributed by atoms with Gasteiger partial charge in [0.25, 0.3) is 0 Å². The molecule has 5 nitrogen and oxygen atoms in total. The van der Waals surface area contributed by atoms with Crippen LogP contribution in [-0.4, -0.2) is 35.5 Å². The maximum Gasteiger partial charge on any atom is 0.123 e. The van der Waals surface area contributed by atoms with Crippen LogP contribution in [0.5, 0.6) is 0 Å². The SMILES string of the molecule is C=C=C(Nc1cc(C#N)ccc1N1CCN(Sc2ccc(F)cc2)CC1)c1cccnc1CC. The van der Waals surface area contributed by atoms with Crippen LogP contribution < -0.4 is 10.2 Å². The molecule has 1 aliphatic heterocycles. The third-order valence-electron chi connectivity index (χ3n) is 5.68. The summed E-state index contributed by atoms with van der Waals surface area (Å²) in [5.74, 6) is -0.222. The number of nitrogens with one attached hydrogen (secondary N) is 1. The molecule has 172 valence electrons. The van der Waals surface area contributed by atoms with Gasteiger partial charge in [-0.2, -0.15) is 5.26 Å². The number of nitrogens with zero attached hydrogens (tertiary/aromatic N) is 4. The number of rotatable bonds is 7. The molecule has 1 aliphatic rings. The highest BCUT2D eigenvalue weighted by atomic mass is 32.2. The van der Waals surface area contributed by atoms with E-state index in [0.29, 0.717) is 5.56 Å². The minimum absolute atomic E-state index is 0.222. The summed E-state index contributed by atoms with van der Waals surface area (Å²) in [4.78, 5) is 7.82. The number of hydrogen-bond acceptors (Lipinski definition) is 6. The molecular formula is C27H26FN5S. The Morgan fingerprint density at radius 2 is 1.91 bits per heavy atom. The molecule has 0 aliphatic carbocycles. The van der Waals surface area contributed by atoms with E-state index in [1.807, 2.05) is 30.3 Å². The van der Waals surface area contributed by atoms with Gasteiger partial charge >= 0.3 is 0 Å². The van der Waals surface area contributed by atoms with Gasteiger partial charge in [-0.25, -0.2) is 8.70 Å². The Hall–Kier alpha value is -3.56. The van der Waals surface area contributed by atoms with Crippen LogP contribution in [0.3, 0.4) is 0 Å². The Morgan fingerprint density at radius 3 is 2.59 bits per heavy atom. The zero-order valence-electron chi connectivity index (χ0n) is 19.1. The zero-order valence-corrected chi connectivity index (χ0v) is 19.9. The molecule has 1 fully saturated rings. The summed E-state index contributed by atoms with van der Waals surface area (Å²) in [7, 11) is 0. The molecule has 1 aromatic heterocycles. The Morgan fingerprint density at radius 1 is 1.15 bits per heavy atom. The normalized spacial score (nSPS) is 13.7. The summed E-state index contributed by atoms with van der Waals surface area (Å²) in [6.07, 6.45) is 2.58. The largest absolute Gasteiger partial charge is 0.367 e. The molecule has 2 aromatic carbocycles. The minimum atomic E-state index is -0.222. The Labute approximate surface area is 204 Å². The number of hydrogen-bond donors (Lipinski definition) is 1. The van der Waals surface area contributed by atoms with Crippen molar-refractivity contribution >= 4 is 29.0 Å². The summed E-state index contributed by atoms with van der Waals surface area (Å²) in [6.45, 7) is 9.32. The highest BCUT2D eigenvalue weighted by Crippen LogP contribution is 2.33. The Bertz CT molecular complexity index is 1240. The van der Waals surface area contributed by atoms with Crippen LogP contribution in [0.25, 0.3) is 5.70 Å². The lowest BCUT2D eigenvalue weighted by Crippen LogP contribution is -2.43. The van der Waals surface area contributed by atoms with Crippen molar-refractivity contribution < 1.29 is 4.39 Å². The summed E-state index contributed by atoms with van der Waals surface area (Å²) >= 11 is 1.65. The summed E-state index contributed by atoms with van der Waals surface area (Å²) < 4.78 is 15.5. The fourth-order valence-electron chi connectivity index (χ4n) is 3.94. The third kappa shape index (κ3) is 5.49. The van der Waals surface area contributed by atoms with Crippen molar-refractivity contribution in [3.05, 3.63) is 95.7 Å². The monoisotopic (exact) mass is 471 g/mol. The Kier molecular flexibility index (Phi) is 7.66. The lowest BCUT2D eigenvalue weighted by Gasteiger charge is -2.36. The van der Waals surface area contributed by atoms with Gasteiger partial charge in [-0.05, 0) is 73.0 Å². The van der Waals surface area contributed by atoms with Gasteiger partial charge in [0.1, 0.15) is 5.82 Å². The van der Waals surface area contributed by atoms with Gasteiger partial charge < -0.3 is 10.2 Å². The molecule has 0 unspecified atom stereocenters. The Balaban J connectivity index is 1.52. The summed E-state index contributed by atoms with van der Waals surface area (Å²) in [5.41, 5.74) is 8.14. The van der Waals surface area contributed by atoms with Crippen molar-refractivity contribution in [3.63, 3.8) is 0 Å². The number of nitriles is 1. The van der Waals surface area contributed by atoms with Crippen LogP contribution in [0.4, 0.5) is 15.8 Å². The van der Waals surface area contributed by atoms with Crippen LogP contribution in [0, 0.1) is 17.1 Å². The second kappa shape index (κ2) is 11.0. The fraction of sp³-hybridized carbons (Fsp3) is 0.222. The molecule has 0 spiro atoms. The fourth-order valence-corrected chi connectivity index (χ4v) is 4.84. The zero-order chi connectivity index (χ0) is 23.9. The van der Waals surface area contributed by atoms with E-state index in [1.165, 1.54) is 12.1 Å². The van der Waals surface area contributed by atoms with Gasteiger partial charge in [-0.3, -0.25) is 4.98 Å². The van der Waals surface area contributed by atoms with E-state index in [1.54, 1.807) is 30.3 Å². The van der Waals surface area contributed by atoms with E-state index in [9.17, 15) is 9.65 Å². The van der Waals surface area contributed by atoms with Gasteiger partial charge in [-0.1, -0.05) is 13.5 Å². The number of aryl methyl sites for hydroxylation is 1. The van der Waals surface area contributed by atoms with E-state index >= 15 is 0 Å². The van der Waals surface area contributed by atoms with Crippen molar-refractivity contribution in [2.45, 2.75) is 18.2 Å². The van der Waals surface area contributed by atoms with Gasteiger partial charge in [0, 0.05) is 42.8 Å². The van der Waals surface area contributed by atoms with E-state index < -0.39 is 0 Å². The first kappa shape index (κ1) is 23.6. The standard InChI is InChI=1S/C27H26FN5S/c1-3-24-23(6-5-13-30-24)25(4-2)31-26-18-20(19-29)7-12-27(26)32-14-16-33(17-15-32)34-22-10-8-21(28)9-11-22/h5-13,18,31H,2-3,14-17H2,1H3. The molecule has 4 rings (SSSR count). The van der Waals surface area contributed by atoms with Crippen LogP contribution >= 0.6 is 11.9 Å². The quantitative estimate of drug-likeness (QED) is 0.351. The van der Waals surface area contributed by atoms with Gasteiger partial charge in [0.15, 0.2) is 0 Å². The average Bonchev–Trinajstić information content (AvgIpc) is 2.89. The maximum atomic E-state index is 13.2. The molecule has 1 saturated heterocycles. The maximum absolute atomic E-state index is 13.2. The first-order valence-electron chi connectivity index (χ1n) is 11.2. The van der Waals surface area contributed by atoms with Gasteiger partial charge in [0.2, 0.25) is 0 Å². The molecule has 3 aromatic rings. The topological polar surface area (TPSA) is 55.2 Å². The number of pyridine rings is 1. The van der Waals surface area contributed by atoms with Gasteiger partial charge in [-0.15, -0.1) is 5.73 Å². The number of halogens is 1. The predicted octanol–water partition coefficient (Wildman–Crippen LogP) is 5.72. The highest BCUT2D eigenvalue weighted by Gasteiger charge is 2.21. The van der Waals surface area contributed by atoms with Crippen LogP contribution in [-0.2, 0) is 6.42 Å². The molecule has 34 heavy (non-hydrogen) atoms. The van der Waals surface area contributed by atoms with Crippen molar-refractivity contribution in [2.75, 3.05) is 36.4 Å². The minimum Gasteiger partial charge on any atom is -0.367 e. The summed E-state index contributed by atoms with van der Waals surface area (Å²) in [5, 5.41) is 12.9. The lowest BCUT2D eigenvalue weighted by molar-refractivity contribution is 0.430. The molecular weight excluding hydrogens is 445 g/mol. The first-order chi connectivity index (χ1) is 16.6. The molecule has 0 amide bonds. The molecule has 0 saturated carbocycles. The van der Waals surface area contributed by atoms with E-state index in [0.717, 1.165) is 65.8 Å². The smallest absolute Gasteiger partial charge is 0.123 e. The van der Waals surface area contributed by atoms with Crippen LogP contribution in [0.15, 0.2) is 78.0 Å². The number of piperazine rings is 1. The van der Waals surface area contributed by atoms with E-state index in [2.05, 4.69) is 44.8 Å². The number of aromatic nitrogens is 1. The van der Waals surface area contributed by atoms with Crippen molar-refractivity contribution in [2.24, 2.45) is 0 Å². The van der Waals surface area contributed by atoms with E-state index in [-0.39, 0.29) is 5.82 Å². The number of benzene rings is 2. The highest BCUT2D eigenvalue weighted by molar-refractivity contribution is 7.97. The summed E-state index contributed by atoms with van der Waals surface area (Å²) in [6, 6.07) is 18.4. The second-order valence-corrected chi connectivity index (χ2v) is 9.00. The van der Waals surface area contributed by atoms with Crippen LogP contribution in [0.2, 0.25) is 0 Å².